The van der Waals surface area contributed by atoms with Gasteiger partial charge in [-0.3, -0.25) is 9.29 Å². The summed E-state index contributed by atoms with van der Waals surface area (Å²) in [6.45, 7) is 0.812. The molecule has 3 aromatic rings. The number of hydrogen-bond acceptors (Lipinski definition) is 3. The third-order valence-corrected chi connectivity index (χ3v) is 6.46. The van der Waals surface area contributed by atoms with E-state index in [1.165, 1.54) is 4.90 Å². The molecule has 0 radical (unpaired) electrons. The first-order chi connectivity index (χ1) is 16.8. The van der Waals surface area contributed by atoms with E-state index >= 15 is 0 Å². The van der Waals surface area contributed by atoms with Crippen LogP contribution in [0.25, 0.3) is 0 Å². The van der Waals surface area contributed by atoms with Crippen molar-refractivity contribution in [2.45, 2.75) is 19.5 Å². The molecule has 0 aromatic heterocycles. The van der Waals surface area contributed by atoms with Gasteiger partial charge in [0.25, 0.3) is 0 Å². The predicted octanol–water partition coefficient (Wildman–Crippen LogP) is 5.67. The number of benzene rings is 3. The summed E-state index contributed by atoms with van der Waals surface area (Å²) in [6.07, 6.45) is 0.310. The van der Waals surface area contributed by atoms with Crippen LogP contribution >= 0.6 is 0 Å². The van der Waals surface area contributed by atoms with E-state index in [4.69, 9.17) is 5.11 Å². The Morgan fingerprint density at radius 3 is 2.03 bits per heavy atom. The standard InChI is InChI=1S/C27H26F4N2O2/c28-16-27(11-12-33(18-27)25-22(29)13-21(26(34)35)23(30)24(25)31)17-32(14-19-7-3-1-4-8-19)15-20-9-5-2-6-10-20/h1-10,13H,11-12,14-18H2,(H,34,35). The van der Waals surface area contributed by atoms with Gasteiger partial charge in [0.15, 0.2) is 17.5 Å². The molecule has 1 heterocycles. The maximum Gasteiger partial charge on any atom is 0.338 e. The van der Waals surface area contributed by atoms with Crippen molar-refractivity contribution in [2.75, 3.05) is 31.2 Å². The van der Waals surface area contributed by atoms with Crippen molar-refractivity contribution >= 4 is 11.7 Å². The molecule has 1 aliphatic heterocycles. The van der Waals surface area contributed by atoms with Gasteiger partial charge >= 0.3 is 5.97 Å². The molecule has 0 bridgehead atoms. The first kappa shape index (κ1) is 24.7. The van der Waals surface area contributed by atoms with Crippen molar-refractivity contribution in [3.8, 4) is 0 Å². The molecule has 0 aliphatic carbocycles. The third kappa shape index (κ3) is 5.48. The highest BCUT2D eigenvalue weighted by atomic mass is 19.2. The molecule has 0 saturated carbocycles. The fourth-order valence-corrected chi connectivity index (χ4v) is 4.76. The molecular weight excluding hydrogens is 460 g/mol. The number of carboxylic acids is 1. The van der Waals surface area contributed by atoms with Crippen molar-refractivity contribution in [3.63, 3.8) is 0 Å². The summed E-state index contributed by atoms with van der Waals surface area (Å²) in [5.41, 5.74) is -0.548. The van der Waals surface area contributed by atoms with E-state index in [0.717, 1.165) is 11.1 Å². The first-order valence-electron chi connectivity index (χ1n) is 11.3. The van der Waals surface area contributed by atoms with Gasteiger partial charge in [-0.1, -0.05) is 60.7 Å². The highest BCUT2D eigenvalue weighted by molar-refractivity contribution is 5.88. The highest BCUT2D eigenvalue weighted by Gasteiger charge is 2.42. The lowest BCUT2D eigenvalue weighted by Gasteiger charge is -2.34. The van der Waals surface area contributed by atoms with Crippen LogP contribution in [0.15, 0.2) is 66.7 Å². The molecule has 1 unspecified atom stereocenters. The second-order valence-electron chi connectivity index (χ2n) is 9.11. The van der Waals surface area contributed by atoms with Gasteiger partial charge in [-0.15, -0.1) is 0 Å². The fraction of sp³-hybridized carbons (Fsp3) is 0.296. The Hall–Kier alpha value is -3.39. The zero-order chi connectivity index (χ0) is 25.0. The largest absolute Gasteiger partial charge is 0.478 e. The quantitative estimate of drug-likeness (QED) is 0.313. The Morgan fingerprint density at radius 2 is 1.51 bits per heavy atom. The van der Waals surface area contributed by atoms with Gasteiger partial charge < -0.3 is 10.0 Å². The number of carbonyl (C=O) groups is 1. The number of aromatic carboxylic acids is 1. The summed E-state index contributed by atoms with van der Waals surface area (Å²) in [6, 6.07) is 20.0. The zero-order valence-electron chi connectivity index (χ0n) is 19.1. The van der Waals surface area contributed by atoms with Gasteiger partial charge in [0.1, 0.15) is 11.3 Å². The van der Waals surface area contributed by atoms with Crippen LogP contribution < -0.4 is 4.90 Å². The number of alkyl halides is 1. The lowest BCUT2D eigenvalue weighted by atomic mass is 9.87. The molecule has 1 atom stereocenters. The molecular formula is C27H26F4N2O2. The maximum atomic E-state index is 14.7. The van der Waals surface area contributed by atoms with Crippen LogP contribution in [0.2, 0.25) is 0 Å². The van der Waals surface area contributed by atoms with E-state index < -0.39 is 46.8 Å². The average molecular weight is 487 g/mol. The van der Waals surface area contributed by atoms with Crippen molar-refractivity contribution in [3.05, 3.63) is 101 Å². The van der Waals surface area contributed by atoms with E-state index in [0.29, 0.717) is 32.1 Å². The van der Waals surface area contributed by atoms with Crippen LogP contribution in [0.3, 0.4) is 0 Å². The van der Waals surface area contributed by atoms with Gasteiger partial charge in [0.05, 0.1) is 6.67 Å². The number of carboxylic acid groups (broad SMARTS) is 1. The number of rotatable bonds is 9. The Bertz CT molecular complexity index is 1140. The van der Waals surface area contributed by atoms with Gasteiger partial charge in [0.2, 0.25) is 0 Å². The van der Waals surface area contributed by atoms with Crippen molar-refractivity contribution in [1.82, 2.24) is 4.90 Å². The second-order valence-corrected chi connectivity index (χ2v) is 9.11. The molecule has 184 valence electrons. The summed E-state index contributed by atoms with van der Waals surface area (Å²) in [5, 5.41) is 8.99. The summed E-state index contributed by atoms with van der Waals surface area (Å²) in [5.74, 6) is -6.13. The molecule has 0 spiro atoms. The fourth-order valence-electron chi connectivity index (χ4n) is 4.76. The predicted molar refractivity (Wildman–Crippen MR) is 126 cm³/mol. The van der Waals surface area contributed by atoms with Crippen molar-refractivity contribution in [2.24, 2.45) is 5.41 Å². The van der Waals surface area contributed by atoms with Crippen LogP contribution in [-0.4, -0.2) is 42.3 Å². The molecule has 1 fully saturated rings. The second kappa shape index (κ2) is 10.5. The van der Waals surface area contributed by atoms with E-state index in [1.807, 2.05) is 60.7 Å². The normalized spacial score (nSPS) is 17.8. The van der Waals surface area contributed by atoms with Crippen LogP contribution in [-0.2, 0) is 13.1 Å². The zero-order valence-corrected chi connectivity index (χ0v) is 19.1. The number of halogens is 4. The molecule has 0 amide bonds. The monoisotopic (exact) mass is 486 g/mol. The van der Waals surface area contributed by atoms with E-state index in [9.17, 15) is 22.4 Å². The molecule has 1 aliphatic rings. The summed E-state index contributed by atoms with van der Waals surface area (Å²) in [4.78, 5) is 14.5. The molecule has 8 heteroatoms. The lowest BCUT2D eigenvalue weighted by Crippen LogP contribution is -2.41. The van der Waals surface area contributed by atoms with Crippen molar-refractivity contribution in [1.29, 1.82) is 0 Å². The molecule has 35 heavy (non-hydrogen) atoms. The van der Waals surface area contributed by atoms with Gasteiger partial charge in [-0.05, 0) is 23.6 Å². The van der Waals surface area contributed by atoms with E-state index in [-0.39, 0.29) is 13.1 Å². The lowest BCUT2D eigenvalue weighted by molar-refractivity contribution is 0.0690. The minimum absolute atomic E-state index is 0.0245. The number of anilines is 1. The maximum absolute atomic E-state index is 14.7. The Morgan fingerprint density at radius 1 is 0.943 bits per heavy atom. The Balaban J connectivity index is 1.59. The minimum atomic E-state index is -1.76. The van der Waals surface area contributed by atoms with Crippen LogP contribution in [0.5, 0.6) is 0 Å². The summed E-state index contributed by atoms with van der Waals surface area (Å²) in [7, 11) is 0. The van der Waals surface area contributed by atoms with Gasteiger partial charge in [-0.2, -0.15) is 0 Å². The van der Waals surface area contributed by atoms with E-state index in [1.54, 1.807) is 0 Å². The number of hydrogen-bond donors (Lipinski definition) is 1. The Kier molecular flexibility index (Phi) is 7.40. The molecule has 1 saturated heterocycles. The topological polar surface area (TPSA) is 43.8 Å². The summed E-state index contributed by atoms with van der Waals surface area (Å²) >= 11 is 0. The SMILES string of the molecule is O=C(O)c1cc(F)c(N2CCC(CF)(CN(Cc3ccccc3)Cc3ccccc3)C2)c(F)c1F. The third-order valence-electron chi connectivity index (χ3n) is 6.46. The average Bonchev–Trinajstić information content (AvgIpc) is 3.26. The van der Waals surface area contributed by atoms with Gasteiger partial charge in [0, 0.05) is 38.1 Å². The smallest absolute Gasteiger partial charge is 0.338 e. The van der Waals surface area contributed by atoms with Crippen molar-refractivity contribution < 1.29 is 27.5 Å². The van der Waals surface area contributed by atoms with Crippen LogP contribution in [0.1, 0.15) is 27.9 Å². The van der Waals surface area contributed by atoms with E-state index in [2.05, 4.69) is 4.90 Å². The minimum Gasteiger partial charge on any atom is -0.478 e. The molecule has 1 N–H and O–H groups in total. The molecule has 3 aromatic carbocycles. The first-order valence-corrected chi connectivity index (χ1v) is 11.3. The number of nitrogens with zero attached hydrogens (tertiary/aromatic N) is 2. The molecule has 4 nitrogen and oxygen atoms in total. The molecule has 4 rings (SSSR count). The van der Waals surface area contributed by atoms with Crippen LogP contribution in [0, 0.1) is 22.9 Å². The van der Waals surface area contributed by atoms with Gasteiger partial charge in [-0.25, -0.2) is 18.0 Å². The summed E-state index contributed by atoms with van der Waals surface area (Å²) < 4.78 is 58.2. The van der Waals surface area contributed by atoms with Crippen LogP contribution in [0.4, 0.5) is 23.2 Å². The Labute approximate surface area is 201 Å². The highest BCUT2D eigenvalue weighted by Crippen LogP contribution is 2.38.